The lowest BCUT2D eigenvalue weighted by atomic mass is 10.2. The van der Waals surface area contributed by atoms with E-state index in [0.29, 0.717) is 13.2 Å². The molecule has 5 nitrogen and oxygen atoms in total. The average Bonchev–Trinajstić information content (AvgIpc) is 2.48. The third kappa shape index (κ3) is 5.67. The number of halogens is 1. The first-order valence-corrected chi connectivity index (χ1v) is 8.66. The Balaban J connectivity index is 3.13. The molecule has 0 bridgehead atoms. The van der Waals surface area contributed by atoms with Crippen LogP contribution in [0.25, 0.3) is 0 Å². The molecule has 120 valence electrons. The molecule has 0 spiro atoms. The molecule has 0 saturated carbocycles. The van der Waals surface area contributed by atoms with Gasteiger partial charge in [-0.25, -0.2) is 9.97 Å². The highest BCUT2D eigenvalue weighted by atomic mass is 127. The number of hydrogen-bond donors (Lipinski definition) is 1. The highest BCUT2D eigenvalue weighted by Crippen LogP contribution is 2.26. The van der Waals surface area contributed by atoms with E-state index in [9.17, 15) is 0 Å². The smallest absolute Gasteiger partial charge is 0.159 e. The molecule has 6 heteroatoms. The molecule has 0 aliphatic heterocycles. The van der Waals surface area contributed by atoms with Gasteiger partial charge in [0.05, 0.1) is 15.9 Å². The van der Waals surface area contributed by atoms with Gasteiger partial charge in [0.2, 0.25) is 0 Å². The minimum absolute atomic E-state index is 0.0465. The van der Waals surface area contributed by atoms with E-state index in [4.69, 9.17) is 9.47 Å². The predicted molar refractivity (Wildman–Crippen MR) is 93.5 cm³/mol. The minimum atomic E-state index is -0.0465. The van der Waals surface area contributed by atoms with Crippen molar-refractivity contribution in [1.82, 2.24) is 9.97 Å². The van der Waals surface area contributed by atoms with Crippen LogP contribution in [0.4, 0.5) is 5.82 Å². The summed E-state index contributed by atoms with van der Waals surface area (Å²) >= 11 is 2.28. The van der Waals surface area contributed by atoms with Crippen molar-refractivity contribution in [3.63, 3.8) is 0 Å². The predicted octanol–water partition coefficient (Wildman–Crippen LogP) is 3.93. The standard InChI is InChI=1S/C15H26IN3O2/c1-5-8-12(21-7-3)14-18-11(10-20-4)13(16)15(19-14)17-9-6-2/h12H,5-10H2,1-4H3,(H,17,18,19). The van der Waals surface area contributed by atoms with Gasteiger partial charge in [-0.05, 0) is 42.4 Å². The van der Waals surface area contributed by atoms with Gasteiger partial charge in [-0.15, -0.1) is 0 Å². The highest BCUT2D eigenvalue weighted by molar-refractivity contribution is 14.1. The monoisotopic (exact) mass is 407 g/mol. The lowest BCUT2D eigenvalue weighted by Gasteiger charge is -2.18. The Morgan fingerprint density at radius 1 is 1.19 bits per heavy atom. The maximum absolute atomic E-state index is 5.80. The second-order valence-corrected chi connectivity index (χ2v) is 5.86. The molecule has 0 aromatic carbocycles. The fourth-order valence-electron chi connectivity index (χ4n) is 2.00. The third-order valence-corrected chi connectivity index (χ3v) is 4.10. The topological polar surface area (TPSA) is 56.3 Å². The normalized spacial score (nSPS) is 12.4. The summed E-state index contributed by atoms with van der Waals surface area (Å²) in [5, 5.41) is 3.37. The van der Waals surface area contributed by atoms with Crippen LogP contribution in [0.2, 0.25) is 0 Å². The zero-order valence-electron chi connectivity index (χ0n) is 13.4. The SMILES string of the molecule is CCCNc1nc(C(CCC)OCC)nc(COC)c1I. The number of hydrogen-bond acceptors (Lipinski definition) is 5. The number of nitrogens with one attached hydrogen (secondary N) is 1. The molecule has 0 amide bonds. The number of rotatable bonds is 10. The number of methoxy groups -OCH3 is 1. The Bertz CT molecular complexity index is 424. The summed E-state index contributed by atoms with van der Waals surface area (Å²) in [6.45, 7) is 8.33. The van der Waals surface area contributed by atoms with Gasteiger partial charge in [-0.2, -0.15) is 0 Å². The first-order valence-electron chi connectivity index (χ1n) is 7.58. The van der Waals surface area contributed by atoms with Gasteiger partial charge < -0.3 is 14.8 Å². The summed E-state index contributed by atoms with van der Waals surface area (Å²) in [6, 6.07) is 0. The Morgan fingerprint density at radius 3 is 2.52 bits per heavy atom. The summed E-state index contributed by atoms with van der Waals surface area (Å²) in [7, 11) is 1.68. The first kappa shape index (κ1) is 18.6. The van der Waals surface area contributed by atoms with Crippen LogP contribution < -0.4 is 5.32 Å². The number of anilines is 1. The van der Waals surface area contributed by atoms with Crippen LogP contribution >= 0.6 is 22.6 Å². The Hall–Kier alpha value is -0.470. The molecule has 1 aromatic heterocycles. The van der Waals surface area contributed by atoms with E-state index in [-0.39, 0.29) is 6.10 Å². The van der Waals surface area contributed by atoms with Crippen molar-refractivity contribution in [2.24, 2.45) is 0 Å². The van der Waals surface area contributed by atoms with E-state index < -0.39 is 0 Å². The largest absolute Gasteiger partial charge is 0.378 e. The van der Waals surface area contributed by atoms with Crippen LogP contribution in [0.15, 0.2) is 0 Å². The molecule has 1 unspecified atom stereocenters. The number of nitrogens with zero attached hydrogens (tertiary/aromatic N) is 2. The van der Waals surface area contributed by atoms with Crippen LogP contribution in [0.3, 0.4) is 0 Å². The summed E-state index contributed by atoms with van der Waals surface area (Å²) < 4.78 is 12.1. The highest BCUT2D eigenvalue weighted by Gasteiger charge is 2.19. The lowest BCUT2D eigenvalue weighted by Crippen LogP contribution is -2.15. The van der Waals surface area contributed by atoms with E-state index in [2.05, 4.69) is 51.7 Å². The van der Waals surface area contributed by atoms with Crippen LogP contribution in [0.5, 0.6) is 0 Å². The van der Waals surface area contributed by atoms with E-state index in [1.807, 2.05) is 6.92 Å². The van der Waals surface area contributed by atoms with Crippen molar-refractivity contribution in [3.8, 4) is 0 Å². The summed E-state index contributed by atoms with van der Waals surface area (Å²) in [6.07, 6.45) is 2.97. The van der Waals surface area contributed by atoms with Gasteiger partial charge in [-0.1, -0.05) is 20.3 Å². The van der Waals surface area contributed by atoms with Gasteiger partial charge in [-0.3, -0.25) is 0 Å². The first-order chi connectivity index (χ1) is 10.2. The van der Waals surface area contributed by atoms with Crippen LogP contribution in [0, 0.1) is 3.57 Å². The molecule has 0 aliphatic carbocycles. The minimum Gasteiger partial charge on any atom is -0.378 e. The molecular weight excluding hydrogens is 381 g/mol. The maximum Gasteiger partial charge on any atom is 0.159 e. The van der Waals surface area contributed by atoms with Crippen LogP contribution in [-0.4, -0.2) is 30.2 Å². The van der Waals surface area contributed by atoms with Crippen LogP contribution in [-0.2, 0) is 16.1 Å². The summed E-state index contributed by atoms with van der Waals surface area (Å²) in [5.74, 6) is 1.64. The molecule has 21 heavy (non-hydrogen) atoms. The maximum atomic E-state index is 5.80. The van der Waals surface area contributed by atoms with E-state index in [0.717, 1.165) is 46.7 Å². The molecule has 1 aromatic rings. The molecule has 0 saturated heterocycles. The number of ether oxygens (including phenoxy) is 2. The lowest BCUT2D eigenvalue weighted by molar-refractivity contribution is 0.0489. The van der Waals surface area contributed by atoms with Crippen molar-refractivity contribution >= 4 is 28.4 Å². The van der Waals surface area contributed by atoms with Crippen molar-refractivity contribution in [2.75, 3.05) is 25.6 Å². The van der Waals surface area contributed by atoms with Gasteiger partial charge in [0.15, 0.2) is 5.82 Å². The van der Waals surface area contributed by atoms with Gasteiger partial charge >= 0.3 is 0 Å². The van der Waals surface area contributed by atoms with Crippen molar-refractivity contribution in [3.05, 3.63) is 15.1 Å². The van der Waals surface area contributed by atoms with Crippen molar-refractivity contribution in [2.45, 2.75) is 52.7 Å². The van der Waals surface area contributed by atoms with E-state index in [1.165, 1.54) is 0 Å². The summed E-state index contributed by atoms with van der Waals surface area (Å²) in [5.41, 5.74) is 0.919. The molecular formula is C15H26IN3O2. The van der Waals surface area contributed by atoms with Crippen LogP contribution in [0.1, 0.15) is 57.7 Å². The Morgan fingerprint density at radius 2 is 1.95 bits per heavy atom. The van der Waals surface area contributed by atoms with Gasteiger partial charge in [0, 0.05) is 20.3 Å². The molecule has 1 atom stereocenters. The third-order valence-electron chi connectivity index (χ3n) is 2.97. The molecule has 1 N–H and O–H groups in total. The quantitative estimate of drug-likeness (QED) is 0.596. The number of aromatic nitrogens is 2. The van der Waals surface area contributed by atoms with Crippen molar-refractivity contribution in [1.29, 1.82) is 0 Å². The zero-order chi connectivity index (χ0) is 15.7. The second-order valence-electron chi connectivity index (χ2n) is 4.78. The van der Waals surface area contributed by atoms with Gasteiger partial charge in [0.25, 0.3) is 0 Å². The molecule has 0 fully saturated rings. The molecule has 1 heterocycles. The molecule has 0 radical (unpaired) electrons. The Labute approximate surface area is 141 Å². The average molecular weight is 407 g/mol. The molecule has 1 rings (SSSR count). The van der Waals surface area contributed by atoms with Crippen molar-refractivity contribution < 1.29 is 9.47 Å². The zero-order valence-corrected chi connectivity index (χ0v) is 15.6. The van der Waals surface area contributed by atoms with E-state index >= 15 is 0 Å². The fraction of sp³-hybridized carbons (Fsp3) is 0.733. The second kappa shape index (κ2) is 10.3. The van der Waals surface area contributed by atoms with E-state index in [1.54, 1.807) is 7.11 Å². The summed E-state index contributed by atoms with van der Waals surface area (Å²) in [4.78, 5) is 9.34. The fourth-order valence-corrected chi connectivity index (χ4v) is 2.59. The molecule has 0 aliphatic rings. The Kier molecular flexibility index (Phi) is 9.10. The van der Waals surface area contributed by atoms with Gasteiger partial charge in [0.1, 0.15) is 11.9 Å².